The third kappa shape index (κ3) is 7.24. The average Bonchev–Trinajstić information content (AvgIpc) is 3.64. The number of carbonyl (C=O) groups excluding carboxylic acids is 1. The zero-order valence-corrected chi connectivity index (χ0v) is 22.7. The molecular formula is C28H36ClNO5S. The van der Waals surface area contributed by atoms with Crippen molar-refractivity contribution in [3.63, 3.8) is 0 Å². The molecule has 2 aliphatic carbocycles. The molecule has 36 heavy (non-hydrogen) atoms. The van der Waals surface area contributed by atoms with Crippen LogP contribution in [0.3, 0.4) is 0 Å². The maximum atomic E-state index is 12.4. The van der Waals surface area contributed by atoms with E-state index in [0.29, 0.717) is 30.5 Å². The molecule has 0 aromatic heterocycles. The summed E-state index contributed by atoms with van der Waals surface area (Å²) < 4.78 is 37.6. The molecule has 0 heterocycles. The summed E-state index contributed by atoms with van der Waals surface area (Å²) in [5, 5.41) is 0.698. The molecule has 2 unspecified atom stereocenters. The second kappa shape index (κ2) is 12.0. The maximum absolute atomic E-state index is 12.4. The number of aryl methyl sites for hydroxylation is 1. The Bertz CT molecular complexity index is 1160. The van der Waals surface area contributed by atoms with Gasteiger partial charge < -0.3 is 9.47 Å². The predicted molar refractivity (Wildman–Crippen MR) is 142 cm³/mol. The lowest BCUT2D eigenvalue weighted by atomic mass is 9.71. The maximum Gasteiger partial charge on any atom is 0.306 e. The van der Waals surface area contributed by atoms with E-state index in [4.69, 9.17) is 21.1 Å². The van der Waals surface area contributed by atoms with Crippen LogP contribution in [0.1, 0.15) is 55.2 Å². The molecule has 2 atom stereocenters. The number of likely N-dealkylation sites (N-methyl/N-ethyl adjacent to an activating group) is 1. The van der Waals surface area contributed by atoms with Gasteiger partial charge in [0.05, 0.1) is 12.4 Å². The first-order chi connectivity index (χ1) is 17.2. The lowest BCUT2D eigenvalue weighted by Gasteiger charge is -2.34. The van der Waals surface area contributed by atoms with Crippen LogP contribution in [-0.2, 0) is 32.4 Å². The normalized spacial score (nSPS) is 19.7. The van der Waals surface area contributed by atoms with E-state index >= 15 is 0 Å². The minimum Gasteiger partial charge on any atom is -0.492 e. The van der Waals surface area contributed by atoms with Gasteiger partial charge in [-0.3, -0.25) is 4.79 Å². The van der Waals surface area contributed by atoms with Crippen LogP contribution in [0.15, 0.2) is 42.5 Å². The van der Waals surface area contributed by atoms with Gasteiger partial charge in [0.15, 0.2) is 0 Å². The van der Waals surface area contributed by atoms with Gasteiger partial charge in [0.1, 0.15) is 12.4 Å². The van der Waals surface area contributed by atoms with E-state index in [1.165, 1.54) is 15.4 Å². The molecule has 2 aliphatic rings. The van der Waals surface area contributed by atoms with Gasteiger partial charge in [-0.2, -0.15) is 0 Å². The van der Waals surface area contributed by atoms with Gasteiger partial charge in [-0.15, -0.1) is 0 Å². The van der Waals surface area contributed by atoms with Crippen molar-refractivity contribution < 1.29 is 22.7 Å². The van der Waals surface area contributed by atoms with Gasteiger partial charge in [0.25, 0.3) is 0 Å². The summed E-state index contributed by atoms with van der Waals surface area (Å²) in [7, 11) is -1.62. The van der Waals surface area contributed by atoms with E-state index in [0.717, 1.165) is 43.4 Å². The Hall–Kier alpha value is -2.09. The monoisotopic (exact) mass is 533 g/mol. The van der Waals surface area contributed by atoms with E-state index in [1.807, 2.05) is 31.2 Å². The molecule has 0 saturated heterocycles. The molecule has 0 radical (unpaired) electrons. The van der Waals surface area contributed by atoms with Crippen LogP contribution in [0.4, 0.5) is 0 Å². The fourth-order valence-corrected chi connectivity index (χ4v) is 6.79. The highest BCUT2D eigenvalue weighted by Crippen LogP contribution is 2.42. The third-order valence-electron chi connectivity index (χ3n) is 7.24. The van der Waals surface area contributed by atoms with Crippen LogP contribution >= 0.6 is 11.6 Å². The van der Waals surface area contributed by atoms with Crippen LogP contribution in [0.5, 0.6) is 5.75 Å². The number of halogens is 1. The summed E-state index contributed by atoms with van der Waals surface area (Å²) in [4.78, 5) is 12.4. The third-order valence-corrected chi connectivity index (χ3v) is 9.50. The molecule has 2 aromatic rings. The highest BCUT2D eigenvalue weighted by atomic mass is 35.5. The fraction of sp³-hybridized carbons (Fsp3) is 0.536. The zero-order valence-electron chi connectivity index (χ0n) is 21.1. The lowest BCUT2D eigenvalue weighted by Crippen LogP contribution is -2.33. The second-order valence-electron chi connectivity index (χ2n) is 10.0. The highest BCUT2D eigenvalue weighted by Gasteiger charge is 2.33. The Balaban J connectivity index is 1.48. The van der Waals surface area contributed by atoms with Crippen molar-refractivity contribution in [2.24, 2.45) is 11.8 Å². The van der Waals surface area contributed by atoms with E-state index < -0.39 is 10.0 Å². The molecule has 1 saturated carbocycles. The Labute approximate surface area is 220 Å². The summed E-state index contributed by atoms with van der Waals surface area (Å²) in [6, 6.07) is 14.0. The Morgan fingerprint density at radius 1 is 1.14 bits per heavy atom. The number of hydrogen-bond donors (Lipinski definition) is 0. The lowest BCUT2D eigenvalue weighted by molar-refractivity contribution is -0.144. The van der Waals surface area contributed by atoms with Crippen LogP contribution < -0.4 is 4.74 Å². The molecule has 0 bridgehead atoms. The van der Waals surface area contributed by atoms with Gasteiger partial charge in [-0.05, 0) is 97.7 Å². The number of ether oxygens (including phenoxy) is 2. The van der Waals surface area contributed by atoms with Crippen molar-refractivity contribution in [2.45, 2.75) is 51.4 Å². The highest BCUT2D eigenvalue weighted by molar-refractivity contribution is 7.89. The Kier molecular flexibility index (Phi) is 8.96. The first-order valence-corrected chi connectivity index (χ1v) is 14.8. The van der Waals surface area contributed by atoms with Gasteiger partial charge in [0.2, 0.25) is 10.0 Å². The first-order valence-electron chi connectivity index (χ1n) is 12.8. The average molecular weight is 534 g/mol. The SMILES string of the molecule is CCOC(=O)CC1CCc2ccc(OCCN(C)S(=O)(=O)CC3CC3)cc2C1Cc1cccc(Cl)c1. The quantitative estimate of drug-likeness (QED) is 0.349. The minimum absolute atomic E-state index is 0.127. The molecule has 4 rings (SSSR count). The number of carbonyl (C=O) groups is 1. The summed E-state index contributed by atoms with van der Waals surface area (Å²) in [5.74, 6) is 1.39. The zero-order chi connectivity index (χ0) is 25.7. The minimum atomic E-state index is -3.24. The predicted octanol–water partition coefficient (Wildman–Crippen LogP) is 5.23. The molecule has 6 nitrogen and oxygen atoms in total. The second-order valence-corrected chi connectivity index (χ2v) is 12.6. The summed E-state index contributed by atoms with van der Waals surface area (Å²) in [5.41, 5.74) is 3.57. The van der Waals surface area contributed by atoms with Crippen molar-refractivity contribution in [3.05, 3.63) is 64.2 Å². The number of nitrogens with zero attached hydrogens (tertiary/aromatic N) is 1. The van der Waals surface area contributed by atoms with Gasteiger partial charge in [-0.25, -0.2) is 12.7 Å². The first kappa shape index (κ1) is 27.0. The Morgan fingerprint density at radius 3 is 2.67 bits per heavy atom. The number of esters is 1. The van der Waals surface area contributed by atoms with Crippen molar-refractivity contribution in [1.29, 1.82) is 0 Å². The van der Waals surface area contributed by atoms with E-state index in [-0.39, 0.29) is 30.2 Å². The molecule has 0 aliphatic heterocycles. The molecule has 196 valence electrons. The number of benzene rings is 2. The smallest absolute Gasteiger partial charge is 0.306 e. The fourth-order valence-electron chi connectivity index (χ4n) is 5.05. The molecular weight excluding hydrogens is 498 g/mol. The number of rotatable bonds is 12. The van der Waals surface area contributed by atoms with Crippen LogP contribution in [0.25, 0.3) is 0 Å². The standard InChI is InChI=1S/C28H36ClNO5S/c1-3-34-28(31)17-23-10-9-22-11-12-25(35-14-13-30(2)36(32,33)19-20-7-8-20)18-27(22)26(23)16-21-5-4-6-24(29)15-21/h4-6,11-12,15,18,20,23,26H,3,7-10,13-14,16-17,19H2,1-2H3. The van der Waals surface area contributed by atoms with Gasteiger partial charge in [-0.1, -0.05) is 29.8 Å². The van der Waals surface area contributed by atoms with Crippen molar-refractivity contribution in [3.8, 4) is 5.75 Å². The molecule has 0 N–H and O–H groups in total. The topological polar surface area (TPSA) is 72.9 Å². The molecule has 1 fully saturated rings. The number of hydrogen-bond acceptors (Lipinski definition) is 5. The number of fused-ring (bicyclic) bond motifs is 1. The van der Waals surface area contributed by atoms with Crippen molar-refractivity contribution in [2.75, 3.05) is 32.6 Å². The summed E-state index contributed by atoms with van der Waals surface area (Å²) in [6.45, 7) is 2.80. The van der Waals surface area contributed by atoms with Crippen LogP contribution in [0, 0.1) is 11.8 Å². The van der Waals surface area contributed by atoms with Crippen LogP contribution in [0.2, 0.25) is 5.02 Å². The van der Waals surface area contributed by atoms with Gasteiger partial charge >= 0.3 is 5.97 Å². The van der Waals surface area contributed by atoms with E-state index in [1.54, 1.807) is 7.05 Å². The van der Waals surface area contributed by atoms with Gasteiger partial charge in [0, 0.05) is 25.0 Å². The largest absolute Gasteiger partial charge is 0.492 e. The summed E-state index contributed by atoms with van der Waals surface area (Å²) in [6.07, 6.45) is 4.98. The van der Waals surface area contributed by atoms with Crippen molar-refractivity contribution in [1.82, 2.24) is 4.31 Å². The molecule has 2 aromatic carbocycles. The van der Waals surface area contributed by atoms with E-state index in [9.17, 15) is 13.2 Å². The van der Waals surface area contributed by atoms with E-state index in [2.05, 4.69) is 18.2 Å². The Morgan fingerprint density at radius 2 is 1.94 bits per heavy atom. The molecule has 8 heteroatoms. The summed E-state index contributed by atoms with van der Waals surface area (Å²) >= 11 is 6.25. The molecule has 0 spiro atoms. The molecule has 0 amide bonds. The number of sulfonamides is 1. The van der Waals surface area contributed by atoms with Crippen LogP contribution in [-0.4, -0.2) is 51.3 Å². The van der Waals surface area contributed by atoms with Crippen molar-refractivity contribution >= 4 is 27.6 Å².